The Hall–Kier alpha value is -3.39. The highest BCUT2D eigenvalue weighted by Crippen LogP contribution is 2.19. The van der Waals surface area contributed by atoms with Crippen LogP contribution in [-0.4, -0.2) is 55.0 Å². The lowest BCUT2D eigenvalue weighted by Gasteiger charge is -2.32. The van der Waals surface area contributed by atoms with Gasteiger partial charge in [-0.2, -0.15) is 0 Å². The molecule has 30 heavy (non-hydrogen) atoms. The molecule has 0 saturated carbocycles. The Morgan fingerprint density at radius 2 is 1.67 bits per heavy atom. The molecular weight excluding hydrogens is 389 g/mol. The molecule has 3 rings (SSSR count). The molecule has 0 radical (unpaired) electrons. The third kappa shape index (κ3) is 5.36. The predicted molar refractivity (Wildman–Crippen MR) is 109 cm³/mol. The first-order chi connectivity index (χ1) is 14.5. The lowest BCUT2D eigenvalue weighted by molar-refractivity contribution is -0.117. The number of piperidine rings is 1. The number of nitrogens with one attached hydrogen (secondary N) is 2. The summed E-state index contributed by atoms with van der Waals surface area (Å²) in [6.45, 7) is 1.30. The molecule has 1 aliphatic rings. The third-order valence-electron chi connectivity index (χ3n) is 5.02. The SMILES string of the molecule is O=Cc1cccc(C=O)c1NC(=O)CN1CCC(NC(=O)c2cccc(F)c2)CC1. The van der Waals surface area contributed by atoms with Gasteiger partial charge in [-0.05, 0) is 43.2 Å². The summed E-state index contributed by atoms with van der Waals surface area (Å²) in [6.07, 6.45) is 2.49. The minimum absolute atomic E-state index is 0.0578. The molecule has 2 aromatic carbocycles. The van der Waals surface area contributed by atoms with E-state index in [1.165, 1.54) is 30.3 Å². The van der Waals surface area contributed by atoms with Gasteiger partial charge in [0.25, 0.3) is 5.91 Å². The van der Waals surface area contributed by atoms with Gasteiger partial charge in [0.1, 0.15) is 5.82 Å². The second-order valence-electron chi connectivity index (χ2n) is 7.13. The number of para-hydroxylation sites is 1. The smallest absolute Gasteiger partial charge is 0.251 e. The Balaban J connectivity index is 1.50. The van der Waals surface area contributed by atoms with Crippen molar-refractivity contribution < 1.29 is 23.6 Å². The summed E-state index contributed by atoms with van der Waals surface area (Å²) in [5, 5.41) is 5.55. The van der Waals surface area contributed by atoms with Crippen LogP contribution < -0.4 is 10.6 Å². The van der Waals surface area contributed by atoms with Crippen LogP contribution in [0.3, 0.4) is 0 Å². The quantitative estimate of drug-likeness (QED) is 0.682. The Morgan fingerprint density at radius 1 is 1.03 bits per heavy atom. The van der Waals surface area contributed by atoms with Gasteiger partial charge in [0.05, 0.1) is 12.2 Å². The average molecular weight is 411 g/mol. The lowest BCUT2D eigenvalue weighted by atomic mass is 10.0. The highest BCUT2D eigenvalue weighted by molar-refractivity contribution is 6.02. The molecule has 0 bridgehead atoms. The largest absolute Gasteiger partial charge is 0.349 e. The molecule has 1 aliphatic heterocycles. The lowest BCUT2D eigenvalue weighted by Crippen LogP contribution is -2.46. The molecule has 2 aromatic rings. The van der Waals surface area contributed by atoms with Crippen LogP contribution in [0.15, 0.2) is 42.5 Å². The van der Waals surface area contributed by atoms with E-state index >= 15 is 0 Å². The number of likely N-dealkylation sites (tertiary alicyclic amines) is 1. The molecular formula is C22H22FN3O4. The van der Waals surface area contributed by atoms with Crippen molar-refractivity contribution in [3.05, 3.63) is 65.0 Å². The van der Waals surface area contributed by atoms with Gasteiger partial charge in [-0.1, -0.05) is 12.1 Å². The van der Waals surface area contributed by atoms with Crippen molar-refractivity contribution in [1.82, 2.24) is 10.2 Å². The summed E-state index contributed by atoms with van der Waals surface area (Å²) in [5.74, 6) is -1.11. The fourth-order valence-electron chi connectivity index (χ4n) is 3.45. The normalized spacial score (nSPS) is 14.7. The molecule has 0 atom stereocenters. The Morgan fingerprint density at radius 3 is 2.27 bits per heavy atom. The first-order valence-electron chi connectivity index (χ1n) is 9.62. The highest BCUT2D eigenvalue weighted by atomic mass is 19.1. The predicted octanol–water partition coefficient (Wildman–Crippen LogP) is 2.28. The zero-order valence-electron chi connectivity index (χ0n) is 16.3. The molecule has 1 fully saturated rings. The molecule has 2 amide bonds. The maximum absolute atomic E-state index is 13.3. The van der Waals surface area contributed by atoms with Crippen molar-refractivity contribution in [3.63, 3.8) is 0 Å². The van der Waals surface area contributed by atoms with Crippen LogP contribution in [0.5, 0.6) is 0 Å². The monoisotopic (exact) mass is 411 g/mol. The van der Waals surface area contributed by atoms with Crippen LogP contribution in [-0.2, 0) is 4.79 Å². The zero-order valence-corrected chi connectivity index (χ0v) is 16.3. The molecule has 0 unspecified atom stereocenters. The van der Waals surface area contributed by atoms with Gasteiger partial charge in [-0.25, -0.2) is 4.39 Å². The van der Waals surface area contributed by atoms with Crippen LogP contribution in [0.4, 0.5) is 10.1 Å². The number of carbonyl (C=O) groups is 4. The average Bonchev–Trinajstić information content (AvgIpc) is 2.75. The van der Waals surface area contributed by atoms with E-state index in [-0.39, 0.29) is 46.8 Å². The van der Waals surface area contributed by atoms with E-state index in [1.807, 2.05) is 4.90 Å². The molecule has 1 heterocycles. The van der Waals surface area contributed by atoms with Crippen LogP contribution in [0.2, 0.25) is 0 Å². The highest BCUT2D eigenvalue weighted by Gasteiger charge is 2.23. The number of anilines is 1. The standard InChI is InChI=1S/C22H22FN3O4/c23-18-6-2-3-15(11-18)22(30)24-19-7-9-26(10-8-19)12-20(29)25-21-16(13-27)4-1-5-17(21)14-28/h1-6,11,13-14,19H,7-10,12H2,(H,24,30)(H,25,29). The molecule has 8 heteroatoms. The molecule has 156 valence electrons. The van der Waals surface area contributed by atoms with Crippen molar-refractivity contribution in [1.29, 1.82) is 0 Å². The van der Waals surface area contributed by atoms with Crippen molar-refractivity contribution in [3.8, 4) is 0 Å². The topological polar surface area (TPSA) is 95.6 Å². The van der Waals surface area contributed by atoms with E-state index in [1.54, 1.807) is 12.1 Å². The van der Waals surface area contributed by atoms with Crippen molar-refractivity contribution in [2.24, 2.45) is 0 Å². The maximum Gasteiger partial charge on any atom is 0.251 e. The Labute approximate surface area is 173 Å². The number of carbonyl (C=O) groups excluding carboxylic acids is 4. The summed E-state index contributed by atoms with van der Waals surface area (Å²) < 4.78 is 13.3. The van der Waals surface area contributed by atoms with Crippen LogP contribution in [0, 0.1) is 5.82 Å². The van der Waals surface area contributed by atoms with Crippen molar-refractivity contribution >= 4 is 30.1 Å². The van der Waals surface area contributed by atoms with Gasteiger partial charge >= 0.3 is 0 Å². The number of rotatable bonds is 7. The van der Waals surface area contributed by atoms with Crippen LogP contribution in [0.25, 0.3) is 0 Å². The van der Waals surface area contributed by atoms with Gasteiger partial charge in [-0.15, -0.1) is 0 Å². The summed E-state index contributed by atoms with van der Waals surface area (Å²) in [5.41, 5.74) is 0.972. The van der Waals surface area contributed by atoms with E-state index < -0.39 is 5.82 Å². The van der Waals surface area contributed by atoms with Crippen LogP contribution >= 0.6 is 0 Å². The number of hydrogen-bond donors (Lipinski definition) is 2. The number of amides is 2. The summed E-state index contributed by atoms with van der Waals surface area (Å²) in [4.78, 5) is 48.9. The van der Waals surface area contributed by atoms with Crippen molar-refractivity contribution in [2.75, 3.05) is 25.0 Å². The number of hydrogen-bond acceptors (Lipinski definition) is 5. The summed E-state index contributed by atoms with van der Waals surface area (Å²) >= 11 is 0. The van der Waals surface area contributed by atoms with Gasteiger partial charge in [-0.3, -0.25) is 24.1 Å². The second kappa shape index (κ2) is 9.89. The molecule has 0 spiro atoms. The van der Waals surface area contributed by atoms with E-state index in [9.17, 15) is 23.6 Å². The van der Waals surface area contributed by atoms with Gasteiger partial charge in [0.15, 0.2) is 12.6 Å². The number of nitrogens with zero attached hydrogens (tertiary/aromatic N) is 1. The Bertz CT molecular complexity index is 929. The second-order valence-corrected chi connectivity index (χ2v) is 7.13. The third-order valence-corrected chi connectivity index (χ3v) is 5.02. The summed E-state index contributed by atoms with van der Waals surface area (Å²) in [7, 11) is 0. The molecule has 2 N–H and O–H groups in total. The zero-order chi connectivity index (χ0) is 21.5. The van der Waals surface area contributed by atoms with E-state index in [2.05, 4.69) is 10.6 Å². The summed E-state index contributed by atoms with van der Waals surface area (Å²) in [6, 6.07) is 10.1. The molecule has 7 nitrogen and oxygen atoms in total. The van der Waals surface area contributed by atoms with E-state index in [0.29, 0.717) is 38.5 Å². The molecule has 0 aromatic heterocycles. The Kier molecular flexibility index (Phi) is 7.03. The fraction of sp³-hybridized carbons (Fsp3) is 0.273. The minimum Gasteiger partial charge on any atom is -0.349 e. The fourth-order valence-corrected chi connectivity index (χ4v) is 3.45. The van der Waals surface area contributed by atoms with Gasteiger partial charge in [0, 0.05) is 35.8 Å². The first kappa shape index (κ1) is 21.3. The first-order valence-corrected chi connectivity index (χ1v) is 9.62. The van der Waals surface area contributed by atoms with Gasteiger partial charge in [0.2, 0.25) is 5.91 Å². The number of halogens is 1. The minimum atomic E-state index is -0.461. The van der Waals surface area contributed by atoms with Crippen LogP contribution in [0.1, 0.15) is 43.9 Å². The van der Waals surface area contributed by atoms with E-state index in [4.69, 9.17) is 0 Å². The molecule has 0 aliphatic carbocycles. The number of benzene rings is 2. The molecule has 1 saturated heterocycles. The van der Waals surface area contributed by atoms with Gasteiger partial charge < -0.3 is 10.6 Å². The van der Waals surface area contributed by atoms with Crippen molar-refractivity contribution in [2.45, 2.75) is 18.9 Å². The maximum atomic E-state index is 13.3. The van der Waals surface area contributed by atoms with E-state index in [0.717, 1.165) is 0 Å². The number of aldehydes is 2.